The molecule has 0 aliphatic carbocycles. The maximum atomic E-state index is 11.6. The molecule has 0 spiro atoms. The minimum atomic E-state index is -0.756. The van der Waals surface area contributed by atoms with Crippen LogP contribution in [0.2, 0.25) is 0 Å². The van der Waals surface area contributed by atoms with E-state index >= 15 is 0 Å². The molecule has 0 aromatic carbocycles. The molecule has 0 unspecified atom stereocenters. The van der Waals surface area contributed by atoms with Gasteiger partial charge in [0, 0.05) is 34.3 Å². The number of rotatable bonds is 6. The van der Waals surface area contributed by atoms with E-state index in [9.17, 15) is 14.4 Å². The zero-order valence-corrected chi connectivity index (χ0v) is 17.0. The van der Waals surface area contributed by atoms with Gasteiger partial charge in [-0.3, -0.25) is 14.4 Å². The molecule has 12 heteroatoms. The first-order valence-electron chi connectivity index (χ1n) is 9.24. The summed E-state index contributed by atoms with van der Waals surface area (Å²) in [5.74, 6) is -0.972. The lowest BCUT2D eigenvalue weighted by Crippen LogP contribution is -2.49. The lowest BCUT2D eigenvalue weighted by molar-refractivity contribution is -0.247. The van der Waals surface area contributed by atoms with Gasteiger partial charge in [0.25, 0.3) is 0 Å². The Morgan fingerprint density at radius 2 is 1.97 bits per heavy atom. The number of nitrogens with zero attached hydrogens (tertiary/aromatic N) is 4. The number of imidazole rings is 1. The van der Waals surface area contributed by atoms with Crippen LogP contribution >= 0.6 is 0 Å². The van der Waals surface area contributed by atoms with Crippen LogP contribution < -0.4 is 5.32 Å². The van der Waals surface area contributed by atoms with Crippen molar-refractivity contribution >= 4 is 34.8 Å². The average Bonchev–Trinajstić information content (AvgIpc) is 3.10. The number of ether oxygens (including phenoxy) is 4. The zero-order valence-electron chi connectivity index (χ0n) is 17.0. The van der Waals surface area contributed by atoms with Crippen molar-refractivity contribution in [3.8, 4) is 0 Å². The molecule has 4 atom stereocenters. The van der Waals surface area contributed by atoms with E-state index in [0.29, 0.717) is 17.6 Å². The largest absolute Gasteiger partial charge is 0.463 e. The summed E-state index contributed by atoms with van der Waals surface area (Å²) in [5.41, 5.74) is 0.845. The summed E-state index contributed by atoms with van der Waals surface area (Å²) in [7, 11) is 1.48. The Morgan fingerprint density at radius 1 is 1.20 bits per heavy atom. The number of hydrogen-bond acceptors (Lipinski definition) is 10. The molecule has 0 radical (unpaired) electrons. The van der Waals surface area contributed by atoms with Gasteiger partial charge in [-0.2, -0.15) is 0 Å². The van der Waals surface area contributed by atoms with Gasteiger partial charge in [-0.1, -0.05) is 0 Å². The van der Waals surface area contributed by atoms with Gasteiger partial charge in [0.05, 0.1) is 12.4 Å². The first-order chi connectivity index (χ1) is 14.3. The molecule has 1 amide bonds. The molecule has 12 nitrogen and oxygen atoms in total. The van der Waals surface area contributed by atoms with Crippen molar-refractivity contribution in [2.24, 2.45) is 0 Å². The predicted molar refractivity (Wildman–Crippen MR) is 101 cm³/mol. The normalized spacial score (nSPS) is 23.7. The van der Waals surface area contributed by atoms with Gasteiger partial charge >= 0.3 is 11.9 Å². The van der Waals surface area contributed by atoms with Crippen LogP contribution in [0.15, 0.2) is 12.7 Å². The fourth-order valence-electron chi connectivity index (χ4n) is 3.34. The average molecular weight is 421 g/mol. The Hall–Kier alpha value is -3.12. The smallest absolute Gasteiger partial charge is 0.302 e. The van der Waals surface area contributed by atoms with E-state index in [1.54, 1.807) is 4.57 Å². The van der Waals surface area contributed by atoms with Crippen molar-refractivity contribution < 1.29 is 33.3 Å². The minimum absolute atomic E-state index is 0.0839. The number of fused-ring (bicyclic) bond motifs is 1. The van der Waals surface area contributed by atoms with Crippen molar-refractivity contribution in [2.45, 2.75) is 51.7 Å². The van der Waals surface area contributed by atoms with Gasteiger partial charge in [-0.25, -0.2) is 15.0 Å². The third-order valence-corrected chi connectivity index (χ3v) is 4.52. The number of anilines is 1. The third kappa shape index (κ3) is 4.71. The van der Waals surface area contributed by atoms with Crippen molar-refractivity contribution in [3.63, 3.8) is 0 Å². The van der Waals surface area contributed by atoms with Gasteiger partial charge in [-0.05, 0) is 0 Å². The van der Waals surface area contributed by atoms with Gasteiger partial charge in [-0.15, -0.1) is 0 Å². The lowest BCUT2D eigenvalue weighted by Gasteiger charge is -2.40. The van der Waals surface area contributed by atoms with Crippen LogP contribution in [0.4, 0.5) is 5.82 Å². The lowest BCUT2D eigenvalue weighted by atomic mass is 10.00. The summed E-state index contributed by atoms with van der Waals surface area (Å²) in [5, 5.41) is 2.61. The quantitative estimate of drug-likeness (QED) is 0.658. The second kappa shape index (κ2) is 9.13. The maximum absolute atomic E-state index is 11.6. The minimum Gasteiger partial charge on any atom is -0.463 e. The predicted octanol–water partition coefficient (Wildman–Crippen LogP) is 0.582. The van der Waals surface area contributed by atoms with Crippen molar-refractivity contribution in [1.29, 1.82) is 0 Å². The summed E-state index contributed by atoms with van der Waals surface area (Å²) < 4.78 is 23.6. The maximum Gasteiger partial charge on any atom is 0.302 e. The summed E-state index contributed by atoms with van der Waals surface area (Å²) in [6, 6.07) is -0.460. The molecule has 3 heterocycles. The molecular formula is C18H23N5O7. The molecule has 2 aromatic heterocycles. The number of hydrogen-bond donors (Lipinski definition) is 1. The number of carbonyl (C=O) groups is 3. The molecule has 0 bridgehead atoms. The van der Waals surface area contributed by atoms with Gasteiger partial charge in [0.1, 0.15) is 25.1 Å². The first-order valence-corrected chi connectivity index (χ1v) is 9.24. The molecule has 1 aliphatic rings. The van der Waals surface area contributed by atoms with Crippen molar-refractivity contribution in [3.05, 3.63) is 12.7 Å². The number of carbonyl (C=O) groups excluding carboxylic acids is 3. The van der Waals surface area contributed by atoms with Crippen LogP contribution in [0, 0.1) is 0 Å². The second-order valence-electron chi connectivity index (χ2n) is 6.76. The summed E-state index contributed by atoms with van der Waals surface area (Å²) in [6.07, 6.45) is 1.00. The SMILES string of the molecule is CO[C@H]1O[C@@H](COC(C)=O)[C@@H](OC(C)=O)C[C@H]1n1cnc2c(NC(C)=O)ncnc21. The monoisotopic (exact) mass is 421 g/mol. The van der Waals surface area contributed by atoms with E-state index in [-0.39, 0.29) is 18.3 Å². The highest BCUT2D eigenvalue weighted by atomic mass is 16.7. The highest BCUT2D eigenvalue weighted by molar-refractivity contribution is 5.95. The van der Waals surface area contributed by atoms with E-state index < -0.39 is 36.5 Å². The van der Waals surface area contributed by atoms with Gasteiger partial charge < -0.3 is 28.8 Å². The second-order valence-corrected chi connectivity index (χ2v) is 6.76. The Morgan fingerprint density at radius 3 is 2.60 bits per heavy atom. The Labute approximate surface area is 171 Å². The molecule has 2 aromatic rings. The molecule has 1 N–H and O–H groups in total. The van der Waals surface area contributed by atoms with Crippen LogP contribution in [0.3, 0.4) is 0 Å². The Bertz CT molecular complexity index is 946. The topological polar surface area (TPSA) is 144 Å². The van der Waals surface area contributed by atoms with Crippen molar-refractivity contribution in [2.75, 3.05) is 19.0 Å². The first kappa shape index (κ1) is 21.6. The molecule has 162 valence electrons. The van der Waals surface area contributed by atoms with Crippen LogP contribution in [0.1, 0.15) is 33.2 Å². The van der Waals surface area contributed by atoms with Gasteiger partial charge in [0.15, 0.2) is 23.3 Å². The van der Waals surface area contributed by atoms with Gasteiger partial charge in [0.2, 0.25) is 5.91 Å². The molecule has 1 saturated heterocycles. The number of aromatic nitrogens is 4. The summed E-state index contributed by atoms with van der Waals surface area (Å²) in [4.78, 5) is 46.9. The number of amides is 1. The fraction of sp³-hybridized carbons (Fsp3) is 0.556. The van der Waals surface area contributed by atoms with E-state index in [1.165, 1.54) is 40.5 Å². The van der Waals surface area contributed by atoms with Crippen LogP contribution in [0.25, 0.3) is 11.2 Å². The summed E-state index contributed by atoms with van der Waals surface area (Å²) >= 11 is 0. The molecule has 3 rings (SSSR count). The number of nitrogens with one attached hydrogen (secondary N) is 1. The van der Waals surface area contributed by atoms with Crippen LogP contribution in [-0.2, 0) is 33.3 Å². The van der Waals surface area contributed by atoms with Crippen LogP contribution in [0.5, 0.6) is 0 Å². The molecular weight excluding hydrogens is 398 g/mol. The highest BCUT2D eigenvalue weighted by Crippen LogP contribution is 2.34. The van der Waals surface area contributed by atoms with Crippen LogP contribution in [-0.4, -0.2) is 69.6 Å². The number of methoxy groups -OCH3 is 1. The number of esters is 2. The van der Waals surface area contributed by atoms with E-state index in [2.05, 4.69) is 20.3 Å². The molecule has 1 fully saturated rings. The molecule has 30 heavy (non-hydrogen) atoms. The van der Waals surface area contributed by atoms with E-state index in [4.69, 9.17) is 18.9 Å². The molecule has 0 saturated carbocycles. The van der Waals surface area contributed by atoms with E-state index in [0.717, 1.165) is 0 Å². The summed E-state index contributed by atoms with van der Waals surface area (Å²) in [6.45, 7) is 3.86. The highest BCUT2D eigenvalue weighted by Gasteiger charge is 2.42. The fourth-order valence-corrected chi connectivity index (χ4v) is 3.34. The van der Waals surface area contributed by atoms with Crippen molar-refractivity contribution in [1.82, 2.24) is 19.5 Å². The Kier molecular flexibility index (Phi) is 6.57. The zero-order chi connectivity index (χ0) is 21.8. The standard InChI is InChI=1S/C18H23N5O7/c1-9(24)22-16-15-17(20-7-19-16)23(8-21-15)12-5-13(29-11(3)26)14(6-28-10(2)25)30-18(12)27-4/h7-8,12-14,18H,5-6H2,1-4H3,(H,19,20,22,24)/t12-,13+,14+,18+/m1/s1. The van der Waals surface area contributed by atoms with E-state index in [1.807, 2.05) is 0 Å². The molecule has 1 aliphatic heterocycles. The Balaban J connectivity index is 1.93. The third-order valence-electron chi connectivity index (χ3n) is 4.52.